The van der Waals surface area contributed by atoms with Gasteiger partial charge < -0.3 is 24.6 Å². The van der Waals surface area contributed by atoms with Gasteiger partial charge >= 0.3 is 12.6 Å². The first kappa shape index (κ1) is 35.9. The van der Waals surface area contributed by atoms with Crippen LogP contribution >= 0.6 is 23.2 Å². The van der Waals surface area contributed by atoms with Gasteiger partial charge in [-0.1, -0.05) is 35.3 Å². The van der Waals surface area contributed by atoms with Crippen molar-refractivity contribution >= 4 is 45.1 Å². The SMILES string of the molecule is COc1cc([C@H](Cc2c(Cl)c[nH+]cc2Cl)OC(=O)[C@@H]2CCCN2S(=O)(=O)c2cccc(C(=O)N(C)C)c2)ccc1OC(F)F.[OH-]. The number of alkyl halides is 2. The second-order valence-corrected chi connectivity index (χ2v) is 12.8. The van der Waals surface area contributed by atoms with Crippen LogP contribution in [0, 0.1) is 0 Å². The number of aromatic amines is 1. The van der Waals surface area contributed by atoms with E-state index in [0.717, 1.165) is 4.31 Å². The molecule has 0 aliphatic carbocycles. The molecule has 1 aromatic heterocycles. The number of nitrogens with zero attached hydrogens (tertiary/aromatic N) is 2. The first-order valence-electron chi connectivity index (χ1n) is 13.3. The highest BCUT2D eigenvalue weighted by Gasteiger charge is 2.41. The molecule has 1 aliphatic rings. The highest BCUT2D eigenvalue weighted by atomic mass is 35.5. The Morgan fingerprint density at radius 2 is 1.78 bits per heavy atom. The van der Waals surface area contributed by atoms with Crippen molar-refractivity contribution in [1.82, 2.24) is 9.21 Å². The fourth-order valence-corrected chi connectivity index (χ4v) is 7.05. The number of esters is 1. The Morgan fingerprint density at radius 3 is 2.40 bits per heavy atom. The lowest BCUT2D eigenvalue weighted by atomic mass is 10.0. The zero-order valence-electron chi connectivity index (χ0n) is 24.4. The van der Waals surface area contributed by atoms with Crippen molar-refractivity contribution in [2.24, 2.45) is 0 Å². The van der Waals surface area contributed by atoms with Crippen LogP contribution in [0.5, 0.6) is 11.5 Å². The van der Waals surface area contributed by atoms with Crippen molar-refractivity contribution in [2.45, 2.75) is 42.9 Å². The van der Waals surface area contributed by atoms with Gasteiger partial charge in [-0.25, -0.2) is 13.4 Å². The summed E-state index contributed by atoms with van der Waals surface area (Å²) >= 11 is 12.7. The van der Waals surface area contributed by atoms with Crippen LogP contribution in [0.3, 0.4) is 0 Å². The van der Waals surface area contributed by atoms with Gasteiger partial charge in [0.05, 0.1) is 12.0 Å². The highest BCUT2D eigenvalue weighted by molar-refractivity contribution is 7.89. The number of ether oxygens (including phenoxy) is 3. The van der Waals surface area contributed by atoms with Gasteiger partial charge in [-0.3, -0.25) is 9.59 Å². The van der Waals surface area contributed by atoms with Gasteiger partial charge in [-0.05, 0) is 48.7 Å². The van der Waals surface area contributed by atoms with E-state index in [2.05, 4.69) is 9.72 Å². The zero-order valence-corrected chi connectivity index (χ0v) is 26.7. The molecular formula is C29H31Cl2F2N3O8S. The number of sulfonamides is 1. The summed E-state index contributed by atoms with van der Waals surface area (Å²) in [6, 6.07) is 8.47. The van der Waals surface area contributed by atoms with Crippen molar-refractivity contribution in [2.75, 3.05) is 27.7 Å². The Morgan fingerprint density at radius 1 is 1.09 bits per heavy atom. The molecule has 2 aromatic carbocycles. The summed E-state index contributed by atoms with van der Waals surface area (Å²) in [5.41, 5.74) is 0.936. The van der Waals surface area contributed by atoms with Gasteiger partial charge in [0.25, 0.3) is 5.91 Å². The van der Waals surface area contributed by atoms with Gasteiger partial charge in [0.2, 0.25) is 10.0 Å². The molecule has 1 amide bonds. The van der Waals surface area contributed by atoms with Crippen molar-refractivity contribution in [3.8, 4) is 11.5 Å². The third kappa shape index (κ3) is 8.19. The van der Waals surface area contributed by atoms with E-state index in [-0.39, 0.29) is 62.8 Å². The van der Waals surface area contributed by atoms with Gasteiger partial charge in [0, 0.05) is 38.2 Å². The van der Waals surface area contributed by atoms with E-state index in [9.17, 15) is 26.8 Å². The number of nitrogens with one attached hydrogen (secondary N) is 1. The molecule has 1 aliphatic heterocycles. The molecule has 4 rings (SSSR count). The standard InChI is InChI=1S/C29H29Cl2F2N3O7S.H2O/c1-35(2)27(37)18-6-4-7-19(12-18)44(39,40)36-11-5-8-23(36)28(38)42-25(14-20-21(30)15-34-16-22(20)31)17-9-10-24(43-29(32)33)26(13-17)41-3;/h4,6-7,9-10,12-13,15-16,23,25,29H,5,8,11,14H2,1-3H3;1H2/t23-,25-;/m0./s1. The topological polar surface area (TPSA) is 147 Å². The Balaban J connectivity index is 0.00000552. The van der Waals surface area contributed by atoms with Crippen molar-refractivity contribution in [3.05, 3.63) is 81.6 Å². The lowest BCUT2D eigenvalue weighted by molar-refractivity contribution is -0.377. The molecule has 16 heteroatoms. The van der Waals surface area contributed by atoms with Crippen LogP contribution < -0.4 is 14.5 Å². The van der Waals surface area contributed by atoms with Crippen LogP contribution in [0.15, 0.2) is 59.8 Å². The molecule has 2 heterocycles. The molecule has 0 saturated carbocycles. The van der Waals surface area contributed by atoms with Gasteiger partial charge in [-0.15, -0.1) is 0 Å². The average Bonchev–Trinajstić information content (AvgIpc) is 3.49. The predicted octanol–water partition coefficient (Wildman–Crippen LogP) is 4.62. The third-order valence-electron chi connectivity index (χ3n) is 6.99. The molecule has 1 fully saturated rings. The number of H-pyrrole nitrogens is 1. The number of methoxy groups -OCH3 is 1. The predicted molar refractivity (Wildman–Crippen MR) is 158 cm³/mol. The van der Waals surface area contributed by atoms with Crippen molar-refractivity contribution < 1.29 is 51.5 Å². The number of rotatable bonds is 11. The first-order chi connectivity index (χ1) is 20.8. The molecule has 45 heavy (non-hydrogen) atoms. The largest absolute Gasteiger partial charge is 0.870 e. The highest BCUT2D eigenvalue weighted by Crippen LogP contribution is 2.37. The molecular weight excluding hydrogens is 659 g/mol. The molecule has 1 saturated heterocycles. The minimum atomic E-state index is -4.21. The number of amides is 1. The summed E-state index contributed by atoms with van der Waals surface area (Å²) in [5.74, 6) is -1.49. The van der Waals surface area contributed by atoms with Crippen LogP contribution in [-0.2, 0) is 26.0 Å². The number of hydrogen-bond donors (Lipinski definition) is 0. The third-order valence-corrected chi connectivity index (χ3v) is 9.57. The van der Waals surface area contributed by atoms with E-state index in [4.69, 9.17) is 32.7 Å². The van der Waals surface area contributed by atoms with Gasteiger partial charge in [-0.2, -0.15) is 13.1 Å². The van der Waals surface area contributed by atoms with Crippen LogP contribution in [0.1, 0.15) is 40.4 Å². The number of pyridine rings is 1. The quantitative estimate of drug-likeness (QED) is 0.265. The number of carbonyl (C=O) groups excluding carboxylic acids is 2. The number of aromatic nitrogens is 1. The van der Waals surface area contributed by atoms with Gasteiger partial charge in [0.1, 0.15) is 22.2 Å². The Hall–Kier alpha value is -3.56. The molecule has 2 atom stereocenters. The molecule has 0 bridgehead atoms. The van der Waals surface area contributed by atoms with E-state index >= 15 is 0 Å². The van der Waals surface area contributed by atoms with Crippen LogP contribution in [0.4, 0.5) is 8.78 Å². The van der Waals surface area contributed by atoms with Crippen LogP contribution in [-0.4, -0.2) is 75.4 Å². The molecule has 244 valence electrons. The zero-order chi connectivity index (χ0) is 32.2. The van der Waals surface area contributed by atoms with Crippen LogP contribution in [0.2, 0.25) is 10.0 Å². The lowest BCUT2D eigenvalue weighted by Crippen LogP contribution is -2.42. The summed E-state index contributed by atoms with van der Waals surface area (Å²) in [4.78, 5) is 30.1. The van der Waals surface area contributed by atoms with E-state index in [0.29, 0.717) is 17.5 Å². The Labute approximate surface area is 269 Å². The maximum absolute atomic E-state index is 13.7. The fourth-order valence-electron chi connectivity index (χ4n) is 4.83. The minimum absolute atomic E-state index is 0. The summed E-state index contributed by atoms with van der Waals surface area (Å²) < 4.78 is 70.0. The monoisotopic (exact) mass is 689 g/mol. The summed E-state index contributed by atoms with van der Waals surface area (Å²) in [6.07, 6.45) is 2.43. The summed E-state index contributed by atoms with van der Waals surface area (Å²) in [5, 5.41) is 0.501. The first-order valence-corrected chi connectivity index (χ1v) is 15.5. The number of halogens is 4. The number of hydrogen-bond acceptors (Lipinski definition) is 8. The van der Waals surface area contributed by atoms with E-state index in [1.165, 1.54) is 66.9 Å². The van der Waals surface area contributed by atoms with Crippen molar-refractivity contribution in [3.63, 3.8) is 0 Å². The minimum Gasteiger partial charge on any atom is -0.870 e. The Kier molecular flexibility index (Phi) is 12.1. The number of benzene rings is 2. The van der Waals surface area contributed by atoms with E-state index in [1.54, 1.807) is 14.1 Å². The normalized spacial score (nSPS) is 15.7. The summed E-state index contributed by atoms with van der Waals surface area (Å²) in [6.45, 7) is -3.04. The Bertz CT molecular complexity index is 1630. The molecule has 11 nitrogen and oxygen atoms in total. The van der Waals surface area contributed by atoms with Gasteiger partial charge in [0.15, 0.2) is 23.9 Å². The molecule has 0 radical (unpaired) electrons. The van der Waals surface area contributed by atoms with E-state index in [1.807, 2.05) is 0 Å². The maximum atomic E-state index is 13.7. The lowest BCUT2D eigenvalue weighted by Gasteiger charge is -2.26. The fraction of sp³-hybridized carbons (Fsp3) is 0.345. The number of carbonyl (C=O) groups is 2. The molecule has 3 aromatic rings. The maximum Gasteiger partial charge on any atom is 0.387 e. The van der Waals surface area contributed by atoms with E-state index < -0.39 is 34.7 Å². The average molecular weight is 691 g/mol. The summed E-state index contributed by atoms with van der Waals surface area (Å²) in [7, 11) is 0.160. The molecule has 0 spiro atoms. The smallest absolute Gasteiger partial charge is 0.387 e. The molecule has 2 N–H and O–H groups in total. The second-order valence-electron chi connectivity index (χ2n) is 10.0. The van der Waals surface area contributed by atoms with Crippen molar-refractivity contribution in [1.29, 1.82) is 0 Å². The van der Waals surface area contributed by atoms with Crippen LogP contribution in [0.25, 0.3) is 0 Å². The second kappa shape index (κ2) is 15.1. The molecule has 0 unspecified atom stereocenters.